The van der Waals surface area contributed by atoms with Crippen molar-refractivity contribution in [3.8, 4) is 11.3 Å². The van der Waals surface area contributed by atoms with Crippen LogP contribution in [0.15, 0.2) is 72.9 Å². The second-order valence-electron chi connectivity index (χ2n) is 8.87. The van der Waals surface area contributed by atoms with E-state index in [4.69, 9.17) is 9.97 Å². The van der Waals surface area contributed by atoms with E-state index < -0.39 is 0 Å². The molecule has 0 saturated carbocycles. The first-order valence-corrected chi connectivity index (χ1v) is 12.1. The van der Waals surface area contributed by atoms with Crippen molar-refractivity contribution in [1.82, 2.24) is 20.3 Å². The fourth-order valence-corrected chi connectivity index (χ4v) is 4.78. The summed E-state index contributed by atoms with van der Waals surface area (Å²) in [6.45, 7) is 7.56. The van der Waals surface area contributed by atoms with Crippen LogP contribution in [0.3, 0.4) is 0 Å². The lowest BCUT2D eigenvalue weighted by Crippen LogP contribution is -2.47. The average Bonchev–Trinajstić information content (AvgIpc) is 2.93. The fraction of sp³-hybridized carbons (Fsp3) is 0.296. The van der Waals surface area contributed by atoms with Gasteiger partial charge >= 0.3 is 0 Å². The maximum Gasteiger partial charge on any atom is 0.227 e. The molecule has 2 aromatic carbocycles. The summed E-state index contributed by atoms with van der Waals surface area (Å²) in [6.07, 6.45) is 1.93. The number of aromatic nitrogens is 3. The van der Waals surface area contributed by atoms with Crippen molar-refractivity contribution >= 4 is 28.4 Å². The molecule has 4 heterocycles. The maximum atomic E-state index is 5.04. The second kappa shape index (κ2) is 9.27. The van der Waals surface area contributed by atoms with Crippen LogP contribution in [0.25, 0.3) is 22.2 Å². The summed E-state index contributed by atoms with van der Waals surface area (Å²) >= 11 is 0. The van der Waals surface area contributed by atoms with Gasteiger partial charge < -0.3 is 20.0 Å². The molecule has 7 nitrogen and oxygen atoms in total. The van der Waals surface area contributed by atoms with Crippen molar-refractivity contribution in [2.75, 3.05) is 67.1 Å². The number of fused-ring (bicyclic) bond motifs is 1. The van der Waals surface area contributed by atoms with Gasteiger partial charge in [0, 0.05) is 81.3 Å². The van der Waals surface area contributed by atoms with Crippen molar-refractivity contribution in [3.05, 3.63) is 72.9 Å². The molecular weight excluding hydrogens is 422 g/mol. The van der Waals surface area contributed by atoms with Crippen LogP contribution in [0.1, 0.15) is 0 Å². The topological polar surface area (TPSA) is 60.4 Å². The SMILES string of the molecule is c1ccc(N2CCN(c3cc(-c4cnc5ccccc5c4)nc(N4CCNCC4)n3)CC2)cc1. The van der Waals surface area contributed by atoms with Crippen LogP contribution in [0.5, 0.6) is 0 Å². The lowest BCUT2D eigenvalue weighted by Gasteiger charge is -2.37. The average molecular weight is 452 g/mol. The lowest BCUT2D eigenvalue weighted by molar-refractivity contribution is 0.578. The summed E-state index contributed by atoms with van der Waals surface area (Å²) in [5.74, 6) is 1.81. The van der Waals surface area contributed by atoms with Crippen molar-refractivity contribution in [1.29, 1.82) is 0 Å². The maximum absolute atomic E-state index is 5.04. The Bertz CT molecular complexity index is 1260. The molecule has 0 atom stereocenters. The Balaban J connectivity index is 1.32. The van der Waals surface area contributed by atoms with E-state index in [2.05, 4.69) is 79.6 Å². The summed E-state index contributed by atoms with van der Waals surface area (Å²) in [7, 11) is 0. The van der Waals surface area contributed by atoms with Gasteiger partial charge in [0.15, 0.2) is 0 Å². The van der Waals surface area contributed by atoms with Crippen LogP contribution in [0.2, 0.25) is 0 Å². The molecule has 6 rings (SSSR count). The molecule has 0 amide bonds. The van der Waals surface area contributed by atoms with Crippen LogP contribution < -0.4 is 20.0 Å². The molecule has 7 heteroatoms. The van der Waals surface area contributed by atoms with Crippen LogP contribution in [-0.4, -0.2) is 67.3 Å². The van der Waals surface area contributed by atoms with E-state index in [9.17, 15) is 0 Å². The predicted octanol–water partition coefficient (Wildman–Crippen LogP) is 3.43. The minimum Gasteiger partial charge on any atom is -0.368 e. The van der Waals surface area contributed by atoms with Gasteiger partial charge in [-0.15, -0.1) is 0 Å². The molecule has 0 spiro atoms. The van der Waals surface area contributed by atoms with Gasteiger partial charge in [0.1, 0.15) is 5.82 Å². The Morgan fingerprint density at radius 3 is 2.24 bits per heavy atom. The normalized spacial score (nSPS) is 16.8. The minimum absolute atomic E-state index is 0.813. The molecule has 2 fully saturated rings. The van der Waals surface area contributed by atoms with E-state index in [0.29, 0.717) is 0 Å². The Hall–Kier alpha value is -3.71. The largest absolute Gasteiger partial charge is 0.368 e. The molecule has 1 N–H and O–H groups in total. The Kier molecular flexibility index (Phi) is 5.69. The monoisotopic (exact) mass is 451 g/mol. The number of rotatable bonds is 4. The number of hydrogen-bond donors (Lipinski definition) is 1. The van der Waals surface area contributed by atoms with E-state index in [-0.39, 0.29) is 0 Å². The smallest absolute Gasteiger partial charge is 0.227 e. The van der Waals surface area contributed by atoms with Gasteiger partial charge in [0.25, 0.3) is 0 Å². The van der Waals surface area contributed by atoms with E-state index in [0.717, 1.165) is 86.3 Å². The lowest BCUT2D eigenvalue weighted by atomic mass is 10.1. The van der Waals surface area contributed by atoms with Crippen molar-refractivity contribution in [2.24, 2.45) is 0 Å². The van der Waals surface area contributed by atoms with Crippen molar-refractivity contribution in [3.63, 3.8) is 0 Å². The molecule has 2 saturated heterocycles. The first-order valence-electron chi connectivity index (χ1n) is 12.1. The molecule has 0 bridgehead atoms. The minimum atomic E-state index is 0.813. The first kappa shape index (κ1) is 20.9. The number of pyridine rings is 1. The Morgan fingerprint density at radius 1 is 0.676 bits per heavy atom. The quantitative estimate of drug-likeness (QED) is 0.510. The van der Waals surface area contributed by atoms with Crippen LogP contribution in [-0.2, 0) is 0 Å². The molecular formula is C27H29N7. The van der Waals surface area contributed by atoms with Gasteiger partial charge in [-0.2, -0.15) is 4.98 Å². The zero-order valence-corrected chi connectivity index (χ0v) is 19.3. The molecule has 2 aliphatic heterocycles. The number of para-hydroxylation sites is 2. The highest BCUT2D eigenvalue weighted by Crippen LogP contribution is 2.28. The van der Waals surface area contributed by atoms with Gasteiger partial charge in [0.2, 0.25) is 5.95 Å². The van der Waals surface area contributed by atoms with E-state index in [1.165, 1.54) is 5.69 Å². The van der Waals surface area contributed by atoms with E-state index >= 15 is 0 Å². The molecule has 2 aromatic heterocycles. The van der Waals surface area contributed by atoms with E-state index in [1.54, 1.807) is 0 Å². The number of nitrogens with zero attached hydrogens (tertiary/aromatic N) is 6. The van der Waals surface area contributed by atoms with E-state index in [1.807, 2.05) is 18.3 Å². The number of benzene rings is 2. The highest BCUT2D eigenvalue weighted by atomic mass is 15.3. The summed E-state index contributed by atoms with van der Waals surface area (Å²) < 4.78 is 0. The highest BCUT2D eigenvalue weighted by molar-refractivity contribution is 5.83. The summed E-state index contributed by atoms with van der Waals surface area (Å²) in [5, 5.41) is 4.55. The van der Waals surface area contributed by atoms with Crippen molar-refractivity contribution in [2.45, 2.75) is 0 Å². The molecule has 2 aliphatic rings. The third kappa shape index (κ3) is 4.26. The van der Waals surface area contributed by atoms with Gasteiger partial charge in [0.05, 0.1) is 11.2 Å². The van der Waals surface area contributed by atoms with Crippen molar-refractivity contribution < 1.29 is 0 Å². The third-order valence-electron chi connectivity index (χ3n) is 6.71. The van der Waals surface area contributed by atoms with Crippen LogP contribution in [0, 0.1) is 0 Å². The zero-order chi connectivity index (χ0) is 22.7. The third-order valence-corrected chi connectivity index (χ3v) is 6.71. The first-order chi connectivity index (χ1) is 16.8. The predicted molar refractivity (Wildman–Crippen MR) is 139 cm³/mol. The summed E-state index contributed by atoms with van der Waals surface area (Å²) in [6, 6.07) is 23.2. The number of anilines is 3. The zero-order valence-electron chi connectivity index (χ0n) is 19.3. The van der Waals surface area contributed by atoms with Gasteiger partial charge in [-0.3, -0.25) is 4.98 Å². The number of hydrogen-bond acceptors (Lipinski definition) is 7. The fourth-order valence-electron chi connectivity index (χ4n) is 4.78. The number of nitrogens with one attached hydrogen (secondary N) is 1. The molecule has 0 radical (unpaired) electrons. The second-order valence-corrected chi connectivity index (χ2v) is 8.87. The molecule has 0 unspecified atom stereocenters. The summed E-state index contributed by atoms with van der Waals surface area (Å²) in [4.78, 5) is 21.9. The highest BCUT2D eigenvalue weighted by Gasteiger charge is 2.22. The summed E-state index contributed by atoms with van der Waals surface area (Å²) in [5.41, 5.74) is 4.25. The van der Waals surface area contributed by atoms with Crippen LogP contribution in [0.4, 0.5) is 17.5 Å². The number of piperazine rings is 2. The van der Waals surface area contributed by atoms with Gasteiger partial charge in [-0.25, -0.2) is 4.98 Å². The Morgan fingerprint density at radius 2 is 1.41 bits per heavy atom. The standard InChI is InChI=1S/C27H29N7/c1-2-7-23(8-3-1)32-14-16-33(17-15-32)26-19-25(30-27(31-26)34-12-10-28-11-13-34)22-18-21-6-4-5-9-24(21)29-20-22/h1-9,18-20,28H,10-17H2. The Labute approximate surface area is 200 Å². The van der Waals surface area contributed by atoms with Gasteiger partial charge in [-0.1, -0.05) is 36.4 Å². The van der Waals surface area contributed by atoms with Crippen LogP contribution >= 0.6 is 0 Å². The molecule has 34 heavy (non-hydrogen) atoms. The molecule has 172 valence electrons. The molecule has 0 aliphatic carbocycles. The molecule has 4 aromatic rings. The van der Waals surface area contributed by atoms with Gasteiger partial charge in [-0.05, 0) is 24.3 Å².